The Bertz CT molecular complexity index is 624. The summed E-state index contributed by atoms with van der Waals surface area (Å²) in [4.78, 5) is 12.3. The molecule has 0 radical (unpaired) electrons. The van der Waals surface area contributed by atoms with Gasteiger partial charge in [0.2, 0.25) is 0 Å². The average Bonchev–Trinajstić information content (AvgIpc) is 2.54. The smallest absolute Gasteiger partial charge is 0.338 e. The number of ether oxygens (including phenoxy) is 1. The second-order valence-electron chi connectivity index (χ2n) is 5.99. The van der Waals surface area contributed by atoms with E-state index < -0.39 is 27.2 Å². The van der Waals surface area contributed by atoms with E-state index in [9.17, 15) is 13.2 Å². The zero-order valence-electron chi connectivity index (χ0n) is 13.3. The molecule has 2 unspecified atom stereocenters. The number of unbranched alkanes of at least 4 members (excludes halogenated alkanes) is 1. The third kappa shape index (κ3) is 4.95. The molecule has 1 aromatic carbocycles. The Labute approximate surface area is 143 Å². The summed E-state index contributed by atoms with van der Waals surface area (Å²) < 4.78 is 30.6. The number of benzene rings is 1. The number of esters is 1. The Morgan fingerprint density at radius 3 is 2.52 bits per heavy atom. The quantitative estimate of drug-likeness (QED) is 0.720. The predicted molar refractivity (Wildman–Crippen MR) is 91.6 cm³/mol. The first kappa shape index (κ1) is 18.3. The van der Waals surface area contributed by atoms with Crippen LogP contribution < -0.4 is 0 Å². The third-order valence-electron chi connectivity index (χ3n) is 4.22. The molecule has 0 saturated heterocycles. The van der Waals surface area contributed by atoms with Crippen molar-refractivity contribution in [3.05, 3.63) is 34.9 Å². The van der Waals surface area contributed by atoms with E-state index >= 15 is 0 Å². The van der Waals surface area contributed by atoms with Crippen LogP contribution in [0.2, 0.25) is 5.02 Å². The fourth-order valence-corrected chi connectivity index (χ4v) is 5.20. The molecule has 0 aromatic heterocycles. The number of hydrogen-bond acceptors (Lipinski definition) is 4. The predicted octanol–water partition coefficient (Wildman–Crippen LogP) is 4.02. The lowest BCUT2D eigenvalue weighted by Crippen LogP contribution is -2.41. The number of sulfone groups is 1. The molecule has 0 aliphatic heterocycles. The van der Waals surface area contributed by atoms with Crippen molar-refractivity contribution in [2.45, 2.75) is 56.8 Å². The van der Waals surface area contributed by atoms with E-state index in [1.165, 1.54) is 0 Å². The number of carbonyl (C=O) groups excluding carboxylic acids is 1. The highest BCUT2D eigenvalue weighted by Crippen LogP contribution is 2.28. The summed E-state index contributed by atoms with van der Waals surface area (Å²) in [5.74, 6) is -0.312. The van der Waals surface area contributed by atoms with Crippen LogP contribution in [0.1, 0.15) is 55.8 Å². The first-order valence-corrected chi connectivity index (χ1v) is 10.2. The number of carbonyl (C=O) groups is 1. The maximum Gasteiger partial charge on any atom is 0.338 e. The van der Waals surface area contributed by atoms with Crippen molar-refractivity contribution >= 4 is 27.4 Å². The summed E-state index contributed by atoms with van der Waals surface area (Å²) in [5, 5.41) is -0.0294. The van der Waals surface area contributed by atoms with Gasteiger partial charge in [-0.1, -0.05) is 31.4 Å². The van der Waals surface area contributed by atoms with Crippen molar-refractivity contribution in [1.82, 2.24) is 0 Å². The van der Waals surface area contributed by atoms with Gasteiger partial charge in [-0.25, -0.2) is 13.2 Å². The van der Waals surface area contributed by atoms with Gasteiger partial charge >= 0.3 is 5.97 Å². The van der Waals surface area contributed by atoms with Crippen LogP contribution in [0.4, 0.5) is 0 Å². The second kappa shape index (κ2) is 8.15. The Morgan fingerprint density at radius 1 is 1.22 bits per heavy atom. The molecule has 1 aromatic rings. The number of rotatable bonds is 6. The molecule has 1 aliphatic carbocycles. The molecular weight excluding hydrogens is 336 g/mol. The normalized spacial score (nSPS) is 21.8. The molecule has 0 bridgehead atoms. The number of halogens is 1. The molecule has 1 aliphatic rings. The van der Waals surface area contributed by atoms with Gasteiger partial charge in [0.25, 0.3) is 0 Å². The lowest BCUT2D eigenvalue weighted by molar-refractivity contribution is 0.0222. The second-order valence-corrected chi connectivity index (χ2v) is 8.77. The molecule has 4 nitrogen and oxygen atoms in total. The zero-order chi connectivity index (χ0) is 16.9. The molecule has 0 heterocycles. The summed E-state index contributed by atoms with van der Waals surface area (Å²) >= 11 is 5.81. The Hall–Kier alpha value is -1.07. The van der Waals surface area contributed by atoms with Crippen LogP contribution in [0.5, 0.6) is 0 Å². The molecule has 6 heteroatoms. The Balaban J connectivity index is 2.09. The summed E-state index contributed by atoms with van der Waals surface area (Å²) in [7, 11) is -3.23. The SMILES string of the molecule is CCCCS(=O)(=O)C1CCCCC1OC(=O)c1ccc(Cl)cc1. The summed E-state index contributed by atoms with van der Waals surface area (Å²) in [6, 6.07) is 6.42. The monoisotopic (exact) mass is 358 g/mol. The van der Waals surface area contributed by atoms with E-state index in [4.69, 9.17) is 16.3 Å². The van der Waals surface area contributed by atoms with Crippen LogP contribution in [-0.4, -0.2) is 31.5 Å². The standard InChI is InChI=1S/C17H23ClO4S/c1-2-3-12-23(20,21)16-7-5-4-6-15(16)22-17(19)13-8-10-14(18)11-9-13/h8-11,15-16H,2-7,12H2,1H3. The van der Waals surface area contributed by atoms with Crippen molar-refractivity contribution in [2.75, 3.05) is 5.75 Å². The molecule has 2 atom stereocenters. The van der Waals surface area contributed by atoms with E-state index in [0.29, 0.717) is 29.8 Å². The minimum absolute atomic E-state index is 0.170. The fourth-order valence-electron chi connectivity index (χ4n) is 2.90. The Kier molecular flexibility index (Phi) is 6.48. The van der Waals surface area contributed by atoms with E-state index in [0.717, 1.165) is 19.3 Å². The Morgan fingerprint density at radius 2 is 1.87 bits per heavy atom. The lowest BCUT2D eigenvalue weighted by Gasteiger charge is -2.30. The fraction of sp³-hybridized carbons (Fsp3) is 0.588. The van der Waals surface area contributed by atoms with Crippen LogP contribution in [-0.2, 0) is 14.6 Å². The molecule has 23 heavy (non-hydrogen) atoms. The van der Waals surface area contributed by atoms with Crippen LogP contribution >= 0.6 is 11.6 Å². The van der Waals surface area contributed by atoms with Crippen molar-refractivity contribution in [3.8, 4) is 0 Å². The van der Waals surface area contributed by atoms with Crippen molar-refractivity contribution in [2.24, 2.45) is 0 Å². The highest BCUT2D eigenvalue weighted by molar-refractivity contribution is 7.92. The highest BCUT2D eigenvalue weighted by Gasteiger charge is 2.37. The van der Waals surface area contributed by atoms with Crippen molar-refractivity contribution in [1.29, 1.82) is 0 Å². The largest absolute Gasteiger partial charge is 0.457 e. The van der Waals surface area contributed by atoms with Crippen molar-refractivity contribution in [3.63, 3.8) is 0 Å². The van der Waals surface area contributed by atoms with E-state index in [-0.39, 0.29) is 5.75 Å². The van der Waals surface area contributed by atoms with Gasteiger partial charge in [0, 0.05) is 5.02 Å². The summed E-state index contributed by atoms with van der Waals surface area (Å²) in [6.07, 6.45) is 3.87. The molecule has 1 fully saturated rings. The average molecular weight is 359 g/mol. The molecular formula is C17H23ClO4S. The lowest BCUT2D eigenvalue weighted by atomic mass is 9.97. The highest BCUT2D eigenvalue weighted by atomic mass is 35.5. The first-order chi connectivity index (χ1) is 10.9. The van der Waals surface area contributed by atoms with Crippen LogP contribution in [0.25, 0.3) is 0 Å². The van der Waals surface area contributed by atoms with E-state index in [1.807, 2.05) is 6.92 Å². The van der Waals surface area contributed by atoms with Crippen LogP contribution in [0, 0.1) is 0 Å². The van der Waals surface area contributed by atoms with Crippen LogP contribution in [0.3, 0.4) is 0 Å². The van der Waals surface area contributed by atoms with Gasteiger partial charge in [0.15, 0.2) is 9.84 Å². The zero-order valence-corrected chi connectivity index (χ0v) is 14.9. The summed E-state index contributed by atoms with van der Waals surface area (Å²) in [6.45, 7) is 1.97. The minimum Gasteiger partial charge on any atom is -0.457 e. The van der Waals surface area contributed by atoms with Gasteiger partial charge in [-0.2, -0.15) is 0 Å². The molecule has 1 saturated carbocycles. The van der Waals surface area contributed by atoms with E-state index in [1.54, 1.807) is 24.3 Å². The third-order valence-corrected chi connectivity index (χ3v) is 6.80. The molecule has 0 amide bonds. The maximum absolute atomic E-state index is 12.5. The van der Waals surface area contributed by atoms with Gasteiger partial charge in [-0.05, 0) is 49.9 Å². The number of hydrogen-bond donors (Lipinski definition) is 0. The molecule has 0 spiro atoms. The van der Waals surface area contributed by atoms with Gasteiger partial charge in [0.05, 0.1) is 16.6 Å². The van der Waals surface area contributed by atoms with Gasteiger partial charge < -0.3 is 4.74 Å². The van der Waals surface area contributed by atoms with Gasteiger partial charge in [-0.3, -0.25) is 0 Å². The van der Waals surface area contributed by atoms with Gasteiger partial charge in [0.1, 0.15) is 6.10 Å². The maximum atomic E-state index is 12.5. The molecule has 0 N–H and O–H groups in total. The van der Waals surface area contributed by atoms with Gasteiger partial charge in [-0.15, -0.1) is 0 Å². The van der Waals surface area contributed by atoms with Crippen LogP contribution in [0.15, 0.2) is 24.3 Å². The minimum atomic E-state index is -3.23. The first-order valence-electron chi connectivity index (χ1n) is 8.12. The topological polar surface area (TPSA) is 60.4 Å². The van der Waals surface area contributed by atoms with E-state index in [2.05, 4.69) is 0 Å². The van der Waals surface area contributed by atoms with Crippen molar-refractivity contribution < 1.29 is 17.9 Å². The molecule has 2 rings (SSSR count). The summed E-state index contributed by atoms with van der Waals surface area (Å²) in [5.41, 5.74) is 0.393. The molecule has 128 valence electrons.